The van der Waals surface area contributed by atoms with Crippen molar-refractivity contribution < 1.29 is 0 Å². The monoisotopic (exact) mass is 302 g/mol. The van der Waals surface area contributed by atoms with Crippen LogP contribution in [0.15, 0.2) is 60.7 Å². The Labute approximate surface area is 136 Å². The molecule has 1 heteroatoms. The molecule has 0 aliphatic heterocycles. The van der Waals surface area contributed by atoms with Crippen molar-refractivity contribution in [2.45, 2.75) is 19.1 Å². The molecule has 0 nitrogen and oxygen atoms in total. The molecular weight excluding hydrogens is 284 g/mol. The maximum Gasteiger partial charge on any atom is 0.0241 e. The van der Waals surface area contributed by atoms with Crippen LogP contribution >= 0.6 is 12.6 Å². The van der Waals surface area contributed by atoms with E-state index in [1.807, 2.05) is 0 Å². The first-order valence-corrected chi connectivity index (χ1v) is 8.20. The summed E-state index contributed by atoms with van der Waals surface area (Å²) in [6.07, 6.45) is 0. The molecule has 0 bridgehead atoms. The molecule has 1 unspecified atom stereocenters. The Hall–Kier alpha value is -1.99. The summed E-state index contributed by atoms with van der Waals surface area (Å²) in [5.74, 6) is 0. The number of hydrogen-bond donors (Lipinski definition) is 1. The van der Waals surface area contributed by atoms with Gasteiger partial charge in [-0.1, -0.05) is 54.6 Å². The van der Waals surface area contributed by atoms with E-state index >= 15 is 0 Å². The summed E-state index contributed by atoms with van der Waals surface area (Å²) in [5.41, 5.74) is 2.63. The number of benzene rings is 4. The third-order valence-electron chi connectivity index (χ3n) is 4.58. The second-order valence-corrected chi connectivity index (χ2v) is 6.80. The van der Waals surface area contributed by atoms with Crippen LogP contribution in [0.5, 0.6) is 0 Å². The first-order valence-electron chi connectivity index (χ1n) is 7.68. The highest BCUT2D eigenvalue weighted by molar-refractivity contribution is 7.80. The molecule has 4 aromatic carbocycles. The molecule has 0 heterocycles. The maximum absolute atomic E-state index is 4.65. The van der Waals surface area contributed by atoms with Crippen LogP contribution in [0.1, 0.15) is 23.3 Å². The first-order chi connectivity index (χ1) is 10.7. The summed E-state index contributed by atoms with van der Waals surface area (Å²) in [6.45, 7) is 4.33. The molecule has 22 heavy (non-hydrogen) atoms. The minimum atomic E-state index is 0.245. The van der Waals surface area contributed by atoms with E-state index in [-0.39, 0.29) is 5.25 Å². The van der Waals surface area contributed by atoms with Gasteiger partial charge in [0, 0.05) is 5.25 Å². The summed E-state index contributed by atoms with van der Waals surface area (Å²) < 4.78 is 0. The van der Waals surface area contributed by atoms with Gasteiger partial charge in [0.15, 0.2) is 0 Å². The lowest BCUT2D eigenvalue weighted by atomic mass is 9.91. The van der Waals surface area contributed by atoms with Crippen molar-refractivity contribution >= 4 is 44.9 Å². The van der Waals surface area contributed by atoms with Crippen molar-refractivity contribution in [1.82, 2.24) is 0 Å². The van der Waals surface area contributed by atoms with Gasteiger partial charge in [0.2, 0.25) is 0 Å². The average Bonchev–Trinajstić information content (AvgIpc) is 2.54. The fraction of sp³-hybridized carbons (Fsp3) is 0.143. The minimum Gasteiger partial charge on any atom is -0.171 e. The van der Waals surface area contributed by atoms with Gasteiger partial charge >= 0.3 is 0 Å². The predicted octanol–water partition coefficient (Wildman–Crippen LogP) is 6.45. The molecule has 0 fully saturated rings. The smallest absolute Gasteiger partial charge is 0.0241 e. The Kier molecular flexibility index (Phi) is 3.12. The molecule has 0 saturated carbocycles. The van der Waals surface area contributed by atoms with Crippen LogP contribution < -0.4 is 0 Å². The minimum absolute atomic E-state index is 0.245. The Morgan fingerprint density at radius 2 is 1.09 bits per heavy atom. The molecule has 1 atom stereocenters. The van der Waals surface area contributed by atoms with E-state index in [0.29, 0.717) is 0 Å². The van der Waals surface area contributed by atoms with Gasteiger partial charge in [-0.25, -0.2) is 0 Å². The summed E-state index contributed by atoms with van der Waals surface area (Å²) in [7, 11) is 0. The highest BCUT2D eigenvalue weighted by Crippen LogP contribution is 2.37. The van der Waals surface area contributed by atoms with E-state index in [1.165, 1.54) is 43.4 Å². The number of aryl methyl sites for hydroxylation is 1. The zero-order chi connectivity index (χ0) is 15.3. The van der Waals surface area contributed by atoms with Gasteiger partial charge in [0.25, 0.3) is 0 Å². The lowest BCUT2D eigenvalue weighted by molar-refractivity contribution is 1.09. The molecule has 0 aromatic heterocycles. The molecule has 4 aromatic rings. The van der Waals surface area contributed by atoms with E-state index in [2.05, 4.69) is 87.1 Å². The zero-order valence-corrected chi connectivity index (χ0v) is 13.7. The summed E-state index contributed by atoms with van der Waals surface area (Å²) in [6, 6.07) is 22.1. The molecule has 0 amide bonds. The number of rotatable bonds is 1. The van der Waals surface area contributed by atoms with Gasteiger partial charge in [-0.05, 0) is 63.4 Å². The molecule has 108 valence electrons. The fourth-order valence-corrected chi connectivity index (χ4v) is 3.80. The van der Waals surface area contributed by atoms with Crippen molar-refractivity contribution in [3.8, 4) is 0 Å². The Morgan fingerprint density at radius 1 is 0.682 bits per heavy atom. The van der Waals surface area contributed by atoms with Gasteiger partial charge in [0.1, 0.15) is 0 Å². The third-order valence-corrected chi connectivity index (χ3v) is 4.86. The number of fused-ring (bicyclic) bond motifs is 6. The van der Waals surface area contributed by atoms with Crippen LogP contribution in [0.4, 0.5) is 0 Å². The summed E-state index contributed by atoms with van der Waals surface area (Å²) in [5, 5.41) is 8.22. The molecule has 0 aliphatic carbocycles. The quantitative estimate of drug-likeness (QED) is 0.303. The molecule has 4 rings (SSSR count). The van der Waals surface area contributed by atoms with Gasteiger partial charge in [-0.2, -0.15) is 12.6 Å². The van der Waals surface area contributed by atoms with Crippen LogP contribution in [-0.4, -0.2) is 0 Å². The second-order valence-electron chi connectivity index (χ2n) is 6.02. The molecule has 0 radical (unpaired) electrons. The number of hydrogen-bond acceptors (Lipinski definition) is 1. The standard InChI is InChI=1S/C21H18S/c1-13-11-20-17-9-5-3-7-15(17)16-8-4-6-10-18(16)21(20)12-19(13)14(2)22/h3-12,14,22H,1-2H3. The van der Waals surface area contributed by atoms with Crippen LogP contribution in [0, 0.1) is 6.92 Å². The van der Waals surface area contributed by atoms with E-state index in [1.54, 1.807) is 0 Å². The normalized spacial score (nSPS) is 13.0. The van der Waals surface area contributed by atoms with E-state index in [9.17, 15) is 0 Å². The summed E-state index contributed by atoms with van der Waals surface area (Å²) >= 11 is 4.65. The highest BCUT2D eigenvalue weighted by atomic mass is 32.1. The highest BCUT2D eigenvalue weighted by Gasteiger charge is 2.12. The largest absolute Gasteiger partial charge is 0.171 e. The molecular formula is C21H18S. The number of thiol groups is 1. The second kappa shape index (κ2) is 5.03. The molecule has 0 spiro atoms. The summed E-state index contributed by atoms with van der Waals surface area (Å²) in [4.78, 5) is 0. The van der Waals surface area contributed by atoms with Gasteiger partial charge < -0.3 is 0 Å². The lowest BCUT2D eigenvalue weighted by Crippen LogP contribution is -1.92. The maximum atomic E-state index is 4.65. The van der Waals surface area contributed by atoms with Crippen LogP contribution in [-0.2, 0) is 0 Å². The van der Waals surface area contributed by atoms with Crippen molar-refractivity contribution in [3.63, 3.8) is 0 Å². The van der Waals surface area contributed by atoms with E-state index in [4.69, 9.17) is 0 Å². The Balaban J connectivity index is 2.32. The third kappa shape index (κ3) is 1.93. The van der Waals surface area contributed by atoms with Gasteiger partial charge in [-0.15, -0.1) is 0 Å². The molecule has 0 N–H and O–H groups in total. The Morgan fingerprint density at radius 3 is 1.55 bits per heavy atom. The van der Waals surface area contributed by atoms with Crippen molar-refractivity contribution in [3.05, 3.63) is 71.8 Å². The fourth-order valence-electron chi connectivity index (χ4n) is 3.53. The zero-order valence-electron chi connectivity index (χ0n) is 12.8. The topological polar surface area (TPSA) is 0 Å². The van der Waals surface area contributed by atoms with Crippen LogP contribution in [0.2, 0.25) is 0 Å². The molecule has 0 aliphatic rings. The first kappa shape index (κ1) is 13.7. The van der Waals surface area contributed by atoms with Crippen LogP contribution in [0.25, 0.3) is 32.3 Å². The van der Waals surface area contributed by atoms with Crippen molar-refractivity contribution in [1.29, 1.82) is 0 Å². The molecule has 0 saturated heterocycles. The lowest BCUT2D eigenvalue weighted by Gasteiger charge is -2.15. The Bertz CT molecular complexity index is 1010. The van der Waals surface area contributed by atoms with Crippen molar-refractivity contribution in [2.24, 2.45) is 0 Å². The SMILES string of the molecule is Cc1cc2c3ccccc3c3ccccc3c2cc1C(C)S. The average molecular weight is 302 g/mol. The van der Waals surface area contributed by atoms with E-state index < -0.39 is 0 Å². The van der Waals surface area contributed by atoms with Gasteiger partial charge in [-0.3, -0.25) is 0 Å². The van der Waals surface area contributed by atoms with Crippen molar-refractivity contribution in [2.75, 3.05) is 0 Å². The van der Waals surface area contributed by atoms with E-state index in [0.717, 1.165) is 0 Å². The predicted molar refractivity (Wildman–Crippen MR) is 101 cm³/mol. The van der Waals surface area contributed by atoms with Gasteiger partial charge in [0.05, 0.1) is 0 Å². The van der Waals surface area contributed by atoms with Crippen LogP contribution in [0.3, 0.4) is 0 Å².